The lowest BCUT2D eigenvalue weighted by Crippen LogP contribution is -2.15. The quantitative estimate of drug-likeness (QED) is 0.798. The minimum atomic E-state index is -4.79. The first-order valence-corrected chi connectivity index (χ1v) is 7.08. The number of hydrogen-bond donors (Lipinski definition) is 2. The molecule has 2 rings (SSSR count). The summed E-state index contributed by atoms with van der Waals surface area (Å²) >= 11 is 0. The van der Waals surface area contributed by atoms with Crippen LogP contribution in [0, 0.1) is 0 Å². The Kier molecular flexibility index (Phi) is 5.10. The summed E-state index contributed by atoms with van der Waals surface area (Å²) in [5.41, 5.74) is 9.05. The van der Waals surface area contributed by atoms with E-state index in [0.717, 1.165) is 6.07 Å². The van der Waals surface area contributed by atoms with Gasteiger partial charge in [0.1, 0.15) is 5.69 Å². The number of halogens is 6. The standard InChI is InChI=1S/C15H13F6N5/c1-7(22)4-11-12(25-26-13(23)24-11)10-3-2-9(15(19,20)21)5-8(10)6-14(16,17)18/h2-5H,6,22H2,1H3,(H2,23,24,26). The van der Waals surface area contributed by atoms with Crippen molar-refractivity contribution >= 4 is 12.0 Å². The zero-order chi connectivity index (χ0) is 19.7. The lowest BCUT2D eigenvalue weighted by molar-refractivity contribution is -0.138. The molecule has 4 N–H and O–H groups in total. The van der Waals surface area contributed by atoms with Crippen LogP contribution >= 0.6 is 0 Å². The Hall–Kier alpha value is -2.85. The first-order chi connectivity index (χ1) is 11.9. The molecule has 0 atom stereocenters. The smallest absolute Gasteiger partial charge is 0.402 e. The van der Waals surface area contributed by atoms with Gasteiger partial charge in [0, 0.05) is 11.3 Å². The third-order valence-corrected chi connectivity index (χ3v) is 3.17. The van der Waals surface area contributed by atoms with Crippen molar-refractivity contribution in [3.63, 3.8) is 0 Å². The molecule has 2 aromatic rings. The second kappa shape index (κ2) is 6.81. The van der Waals surface area contributed by atoms with Gasteiger partial charge in [-0.05, 0) is 30.7 Å². The SMILES string of the molecule is CC(N)=Cc1nc(N)nnc1-c1ccc(C(F)(F)F)cc1CC(F)(F)F. The maximum atomic E-state index is 12.9. The fourth-order valence-electron chi connectivity index (χ4n) is 2.22. The van der Waals surface area contributed by atoms with Gasteiger partial charge in [-0.3, -0.25) is 0 Å². The lowest BCUT2D eigenvalue weighted by atomic mass is 9.97. The fourth-order valence-corrected chi connectivity index (χ4v) is 2.22. The monoisotopic (exact) mass is 377 g/mol. The molecular formula is C15H13F6N5. The Morgan fingerprint density at radius 3 is 2.31 bits per heavy atom. The second-order valence-corrected chi connectivity index (χ2v) is 5.45. The molecule has 0 saturated heterocycles. The molecule has 11 heteroatoms. The molecule has 0 saturated carbocycles. The van der Waals surface area contributed by atoms with E-state index < -0.39 is 29.9 Å². The van der Waals surface area contributed by atoms with Gasteiger partial charge >= 0.3 is 12.4 Å². The highest BCUT2D eigenvalue weighted by Crippen LogP contribution is 2.36. The third kappa shape index (κ3) is 4.83. The topological polar surface area (TPSA) is 90.7 Å². The van der Waals surface area contributed by atoms with E-state index >= 15 is 0 Å². The number of alkyl halides is 6. The highest BCUT2D eigenvalue weighted by molar-refractivity contribution is 5.73. The van der Waals surface area contributed by atoms with Gasteiger partial charge in [-0.15, -0.1) is 10.2 Å². The molecule has 0 radical (unpaired) electrons. The molecule has 0 aliphatic carbocycles. The van der Waals surface area contributed by atoms with E-state index in [4.69, 9.17) is 11.5 Å². The normalized spacial score (nSPS) is 13.1. The zero-order valence-electron chi connectivity index (χ0n) is 13.3. The van der Waals surface area contributed by atoms with Crippen LogP contribution in [0.25, 0.3) is 17.3 Å². The van der Waals surface area contributed by atoms with E-state index in [-0.39, 0.29) is 28.6 Å². The van der Waals surface area contributed by atoms with E-state index in [1.807, 2.05) is 0 Å². The van der Waals surface area contributed by atoms with Crippen LogP contribution in [0.4, 0.5) is 32.3 Å². The van der Waals surface area contributed by atoms with E-state index in [9.17, 15) is 26.3 Å². The summed E-state index contributed by atoms with van der Waals surface area (Å²) in [5.74, 6) is -0.259. The number of nitrogens with two attached hydrogens (primary N) is 2. The number of allylic oxidation sites excluding steroid dienone is 1. The van der Waals surface area contributed by atoms with Gasteiger partial charge < -0.3 is 11.5 Å². The predicted molar refractivity (Wildman–Crippen MR) is 82.3 cm³/mol. The van der Waals surface area contributed by atoms with Crippen molar-refractivity contribution < 1.29 is 26.3 Å². The minimum Gasteiger partial charge on any atom is -0.402 e. The van der Waals surface area contributed by atoms with Gasteiger partial charge in [0.25, 0.3) is 0 Å². The van der Waals surface area contributed by atoms with Crippen molar-refractivity contribution in [3.05, 3.63) is 40.7 Å². The van der Waals surface area contributed by atoms with Crippen LogP contribution in [0.2, 0.25) is 0 Å². The summed E-state index contributed by atoms with van der Waals surface area (Å²) < 4.78 is 77.2. The van der Waals surface area contributed by atoms with E-state index in [0.29, 0.717) is 12.1 Å². The average Bonchev–Trinajstić information content (AvgIpc) is 2.44. The van der Waals surface area contributed by atoms with Crippen LogP contribution < -0.4 is 11.5 Å². The molecule has 5 nitrogen and oxygen atoms in total. The van der Waals surface area contributed by atoms with Crippen LogP contribution in [-0.2, 0) is 12.6 Å². The van der Waals surface area contributed by atoms with Crippen LogP contribution in [0.15, 0.2) is 23.9 Å². The molecule has 0 amide bonds. The molecule has 1 heterocycles. The van der Waals surface area contributed by atoms with Gasteiger partial charge in [0.15, 0.2) is 0 Å². The number of nitrogen functional groups attached to an aromatic ring is 1. The van der Waals surface area contributed by atoms with Gasteiger partial charge in [0.2, 0.25) is 5.95 Å². The highest BCUT2D eigenvalue weighted by atomic mass is 19.4. The van der Waals surface area contributed by atoms with E-state index in [1.165, 1.54) is 13.0 Å². The highest BCUT2D eigenvalue weighted by Gasteiger charge is 2.34. The molecule has 26 heavy (non-hydrogen) atoms. The Balaban J connectivity index is 2.71. The van der Waals surface area contributed by atoms with Crippen molar-refractivity contribution in [1.29, 1.82) is 0 Å². The summed E-state index contributed by atoms with van der Waals surface area (Å²) in [6.07, 6.45) is -9.81. The Labute approximate surface area is 143 Å². The fraction of sp³-hybridized carbons (Fsp3) is 0.267. The molecule has 1 aromatic carbocycles. The van der Waals surface area contributed by atoms with E-state index in [2.05, 4.69) is 15.2 Å². The van der Waals surface area contributed by atoms with Crippen molar-refractivity contribution in [2.45, 2.75) is 25.7 Å². The Bertz CT molecular complexity index is 837. The Morgan fingerprint density at radius 2 is 1.77 bits per heavy atom. The molecular weight excluding hydrogens is 364 g/mol. The molecule has 1 aromatic heterocycles. The van der Waals surface area contributed by atoms with Crippen LogP contribution in [0.1, 0.15) is 23.7 Å². The first-order valence-electron chi connectivity index (χ1n) is 7.08. The molecule has 0 aliphatic rings. The maximum Gasteiger partial charge on any atom is 0.416 e. The number of hydrogen-bond acceptors (Lipinski definition) is 5. The average molecular weight is 377 g/mol. The molecule has 0 aliphatic heterocycles. The molecule has 0 unspecified atom stereocenters. The number of aromatic nitrogens is 3. The minimum absolute atomic E-state index is 0.000633. The van der Waals surface area contributed by atoms with Crippen molar-refractivity contribution in [1.82, 2.24) is 15.2 Å². The van der Waals surface area contributed by atoms with E-state index in [1.54, 1.807) is 0 Å². The van der Waals surface area contributed by atoms with Crippen LogP contribution in [-0.4, -0.2) is 21.4 Å². The van der Waals surface area contributed by atoms with Gasteiger partial charge in [0.05, 0.1) is 17.7 Å². The second-order valence-electron chi connectivity index (χ2n) is 5.45. The summed E-state index contributed by atoms with van der Waals surface area (Å²) in [5, 5.41) is 7.17. The largest absolute Gasteiger partial charge is 0.416 e. The molecule has 140 valence electrons. The number of anilines is 1. The van der Waals surface area contributed by atoms with Crippen LogP contribution in [0.3, 0.4) is 0 Å². The molecule has 0 fully saturated rings. The number of nitrogens with zero attached hydrogens (tertiary/aromatic N) is 3. The predicted octanol–water partition coefficient (Wildman–Crippen LogP) is 3.56. The van der Waals surface area contributed by atoms with Crippen LogP contribution in [0.5, 0.6) is 0 Å². The first kappa shape index (κ1) is 19.5. The molecule has 0 bridgehead atoms. The summed E-state index contributed by atoms with van der Waals surface area (Å²) in [6.45, 7) is 1.49. The lowest BCUT2D eigenvalue weighted by Gasteiger charge is -2.15. The summed E-state index contributed by atoms with van der Waals surface area (Å²) in [7, 11) is 0. The molecule has 0 spiro atoms. The van der Waals surface area contributed by atoms with Crippen molar-refractivity contribution in [2.75, 3.05) is 5.73 Å². The van der Waals surface area contributed by atoms with Gasteiger partial charge in [-0.25, -0.2) is 4.98 Å². The maximum absolute atomic E-state index is 12.9. The summed E-state index contributed by atoms with van der Waals surface area (Å²) in [6, 6.07) is 1.99. The zero-order valence-corrected chi connectivity index (χ0v) is 13.3. The van der Waals surface area contributed by atoms with Gasteiger partial charge in [-0.1, -0.05) is 6.07 Å². The third-order valence-electron chi connectivity index (χ3n) is 3.17. The van der Waals surface area contributed by atoms with Crippen molar-refractivity contribution in [2.24, 2.45) is 5.73 Å². The number of rotatable bonds is 3. The van der Waals surface area contributed by atoms with Gasteiger partial charge in [-0.2, -0.15) is 26.3 Å². The van der Waals surface area contributed by atoms with Crippen molar-refractivity contribution in [3.8, 4) is 11.3 Å². The number of benzene rings is 1. The Morgan fingerprint density at radius 1 is 1.12 bits per heavy atom. The summed E-state index contributed by atoms with van der Waals surface area (Å²) in [4.78, 5) is 3.84.